The van der Waals surface area contributed by atoms with Crippen LogP contribution in [0.25, 0.3) is 0 Å². The lowest BCUT2D eigenvalue weighted by atomic mass is 10.0. The van der Waals surface area contributed by atoms with E-state index in [4.69, 9.17) is 5.73 Å². The molecule has 0 aliphatic rings. The molecule has 1 heterocycles. The number of hydrogen-bond donors (Lipinski definition) is 1. The van der Waals surface area contributed by atoms with Gasteiger partial charge < -0.3 is 5.73 Å². The molecule has 1 atom stereocenters. The Hall–Kier alpha value is 0.620. The van der Waals surface area contributed by atoms with E-state index in [1.165, 1.54) is 11.3 Å². The third-order valence-electron chi connectivity index (χ3n) is 2.08. The fraction of sp³-hybridized carbons (Fsp3) is 0.600. The minimum Gasteiger partial charge on any atom is -0.323 e. The van der Waals surface area contributed by atoms with Crippen LogP contribution >= 0.6 is 43.2 Å². The Bertz CT molecular complexity index is 277. The molecule has 0 radical (unpaired) electrons. The Balaban J connectivity index is 2.56. The van der Waals surface area contributed by atoms with Gasteiger partial charge in [-0.1, -0.05) is 13.8 Å². The van der Waals surface area contributed by atoms with Crippen LogP contribution in [-0.2, 0) is 0 Å². The highest BCUT2D eigenvalue weighted by molar-refractivity contribution is 9.13. The minimum absolute atomic E-state index is 0.185. The molecule has 0 amide bonds. The van der Waals surface area contributed by atoms with Gasteiger partial charge in [0, 0.05) is 15.4 Å². The average Bonchev–Trinajstić information content (AvgIpc) is 2.43. The van der Waals surface area contributed by atoms with E-state index >= 15 is 0 Å². The molecule has 1 aromatic heterocycles. The summed E-state index contributed by atoms with van der Waals surface area (Å²) < 4.78 is 2.24. The highest BCUT2D eigenvalue weighted by Crippen LogP contribution is 2.36. The van der Waals surface area contributed by atoms with Crippen molar-refractivity contribution in [3.8, 4) is 0 Å². The van der Waals surface area contributed by atoms with E-state index in [1.807, 2.05) is 0 Å². The molecule has 0 saturated heterocycles. The topological polar surface area (TPSA) is 26.0 Å². The van der Waals surface area contributed by atoms with Crippen molar-refractivity contribution in [2.24, 2.45) is 11.7 Å². The zero-order valence-corrected chi connectivity index (χ0v) is 12.4. The van der Waals surface area contributed by atoms with E-state index in [2.05, 4.69) is 51.8 Å². The second-order valence-electron chi connectivity index (χ2n) is 3.85. The third-order valence-corrected chi connectivity index (χ3v) is 5.47. The summed E-state index contributed by atoms with van der Waals surface area (Å²) in [4.78, 5) is 1.25. The standard InChI is InChI=1S/C10H15Br2NS/c1-6(2)3-4-8(13)9-5-7(11)10(12)14-9/h5-6,8H,3-4,13H2,1-2H3/t8-/m0/s1. The summed E-state index contributed by atoms with van der Waals surface area (Å²) in [6, 6.07) is 2.30. The summed E-state index contributed by atoms with van der Waals surface area (Å²) in [6.07, 6.45) is 2.26. The largest absolute Gasteiger partial charge is 0.323 e. The van der Waals surface area contributed by atoms with Gasteiger partial charge >= 0.3 is 0 Å². The lowest BCUT2D eigenvalue weighted by Gasteiger charge is -2.10. The van der Waals surface area contributed by atoms with Crippen LogP contribution in [0.1, 0.15) is 37.6 Å². The van der Waals surface area contributed by atoms with Crippen LogP contribution in [0.3, 0.4) is 0 Å². The molecule has 4 heteroatoms. The van der Waals surface area contributed by atoms with Gasteiger partial charge in [0.1, 0.15) is 0 Å². The maximum atomic E-state index is 6.09. The Labute approximate surface area is 106 Å². The highest BCUT2D eigenvalue weighted by atomic mass is 79.9. The Morgan fingerprint density at radius 3 is 2.43 bits per heavy atom. The Morgan fingerprint density at radius 1 is 1.36 bits per heavy atom. The molecule has 0 aromatic carbocycles. The van der Waals surface area contributed by atoms with E-state index in [0.29, 0.717) is 0 Å². The molecule has 1 rings (SSSR count). The molecular weight excluding hydrogens is 326 g/mol. The van der Waals surface area contributed by atoms with Crippen LogP contribution in [0, 0.1) is 5.92 Å². The molecule has 0 aliphatic heterocycles. The van der Waals surface area contributed by atoms with E-state index in [9.17, 15) is 0 Å². The number of halogens is 2. The molecule has 1 nitrogen and oxygen atoms in total. The van der Waals surface area contributed by atoms with Crippen LogP contribution in [0.15, 0.2) is 14.3 Å². The van der Waals surface area contributed by atoms with Gasteiger partial charge in [-0.3, -0.25) is 0 Å². The van der Waals surface area contributed by atoms with Crippen LogP contribution in [0.5, 0.6) is 0 Å². The van der Waals surface area contributed by atoms with Crippen molar-refractivity contribution in [1.82, 2.24) is 0 Å². The molecule has 2 N–H and O–H groups in total. The van der Waals surface area contributed by atoms with Crippen LogP contribution < -0.4 is 5.73 Å². The van der Waals surface area contributed by atoms with E-state index < -0.39 is 0 Å². The normalized spacial score (nSPS) is 13.6. The smallest absolute Gasteiger partial charge is 0.0843 e. The lowest BCUT2D eigenvalue weighted by Crippen LogP contribution is -2.09. The second kappa shape index (κ2) is 5.64. The maximum absolute atomic E-state index is 6.09. The fourth-order valence-corrected chi connectivity index (χ4v) is 3.33. The Kier molecular flexibility index (Phi) is 5.11. The summed E-state index contributed by atoms with van der Waals surface area (Å²) >= 11 is 8.67. The van der Waals surface area contributed by atoms with Crippen molar-refractivity contribution in [3.63, 3.8) is 0 Å². The second-order valence-corrected chi connectivity index (χ2v) is 7.10. The van der Waals surface area contributed by atoms with Gasteiger partial charge in [-0.15, -0.1) is 11.3 Å². The maximum Gasteiger partial charge on any atom is 0.0843 e. The summed E-state index contributed by atoms with van der Waals surface area (Å²) in [6.45, 7) is 4.46. The molecule has 0 aliphatic carbocycles. The van der Waals surface area contributed by atoms with Crippen molar-refractivity contribution in [1.29, 1.82) is 0 Å². The van der Waals surface area contributed by atoms with E-state index in [-0.39, 0.29) is 6.04 Å². The average molecular weight is 341 g/mol. The number of hydrogen-bond acceptors (Lipinski definition) is 2. The zero-order chi connectivity index (χ0) is 10.7. The van der Waals surface area contributed by atoms with Crippen molar-refractivity contribution >= 4 is 43.2 Å². The fourth-order valence-electron chi connectivity index (χ4n) is 1.20. The lowest BCUT2D eigenvalue weighted by molar-refractivity contribution is 0.510. The number of nitrogens with two attached hydrogens (primary N) is 1. The first kappa shape index (κ1) is 12.7. The summed E-state index contributed by atoms with van der Waals surface area (Å²) in [5.74, 6) is 0.730. The summed E-state index contributed by atoms with van der Waals surface area (Å²) in [5.41, 5.74) is 6.09. The molecule has 0 spiro atoms. The number of thiophene rings is 1. The van der Waals surface area contributed by atoms with Crippen molar-refractivity contribution in [3.05, 3.63) is 19.2 Å². The number of rotatable bonds is 4. The first-order valence-corrected chi connectivity index (χ1v) is 7.11. The minimum atomic E-state index is 0.185. The van der Waals surface area contributed by atoms with Gasteiger partial charge in [-0.2, -0.15) is 0 Å². The Morgan fingerprint density at radius 2 is 2.00 bits per heavy atom. The molecule has 0 saturated carbocycles. The molecule has 14 heavy (non-hydrogen) atoms. The van der Waals surface area contributed by atoms with Gasteiger partial charge in [0.05, 0.1) is 3.79 Å². The van der Waals surface area contributed by atoms with Crippen molar-refractivity contribution in [2.75, 3.05) is 0 Å². The van der Waals surface area contributed by atoms with Crippen LogP contribution in [0.2, 0.25) is 0 Å². The predicted molar refractivity (Wildman–Crippen MR) is 70.7 cm³/mol. The third kappa shape index (κ3) is 3.65. The molecule has 0 fully saturated rings. The monoisotopic (exact) mass is 339 g/mol. The first-order chi connectivity index (χ1) is 6.50. The van der Waals surface area contributed by atoms with Gasteiger partial charge in [0.25, 0.3) is 0 Å². The van der Waals surface area contributed by atoms with Gasteiger partial charge in [0.2, 0.25) is 0 Å². The highest BCUT2D eigenvalue weighted by Gasteiger charge is 2.11. The van der Waals surface area contributed by atoms with E-state index in [1.54, 1.807) is 11.3 Å². The predicted octanol–water partition coefficient (Wildman–Crippen LogP) is 4.71. The first-order valence-electron chi connectivity index (χ1n) is 4.71. The van der Waals surface area contributed by atoms with Gasteiger partial charge in [-0.05, 0) is 56.7 Å². The SMILES string of the molecule is CC(C)CC[C@H](N)c1cc(Br)c(Br)s1. The summed E-state index contributed by atoms with van der Waals surface area (Å²) in [7, 11) is 0. The molecule has 0 bridgehead atoms. The van der Waals surface area contributed by atoms with Crippen LogP contribution in [-0.4, -0.2) is 0 Å². The molecule has 0 unspecified atom stereocenters. The summed E-state index contributed by atoms with van der Waals surface area (Å²) in [5, 5.41) is 0. The molecule has 1 aromatic rings. The zero-order valence-electron chi connectivity index (χ0n) is 8.39. The van der Waals surface area contributed by atoms with Crippen molar-refractivity contribution in [2.45, 2.75) is 32.7 Å². The molecular formula is C10H15Br2NS. The van der Waals surface area contributed by atoms with Crippen LogP contribution in [0.4, 0.5) is 0 Å². The molecule has 80 valence electrons. The quantitative estimate of drug-likeness (QED) is 0.843. The van der Waals surface area contributed by atoms with Gasteiger partial charge in [0.15, 0.2) is 0 Å². The van der Waals surface area contributed by atoms with Gasteiger partial charge in [-0.25, -0.2) is 0 Å². The van der Waals surface area contributed by atoms with Crippen molar-refractivity contribution < 1.29 is 0 Å². The van der Waals surface area contributed by atoms with E-state index in [0.717, 1.165) is 20.6 Å².